The number of anilines is 1. The molecule has 6 nitrogen and oxygen atoms in total. The molecule has 3 N–H and O–H groups in total. The Morgan fingerprint density at radius 3 is 2.57 bits per heavy atom. The number of nitrogens with two attached hydrogens (primary N) is 1. The van der Waals surface area contributed by atoms with Crippen molar-refractivity contribution < 1.29 is 13.9 Å². The molecule has 1 heterocycles. The molecule has 0 aliphatic rings. The number of ether oxygens (including phenoxy) is 1. The van der Waals surface area contributed by atoms with Crippen LogP contribution in [0.25, 0.3) is 22.8 Å². The number of rotatable bonds is 10. The summed E-state index contributed by atoms with van der Waals surface area (Å²) in [5.74, 6) is 0.298. The molecule has 0 aliphatic carbocycles. The predicted octanol–water partition coefficient (Wildman–Crippen LogP) is 5.16. The van der Waals surface area contributed by atoms with Crippen molar-refractivity contribution in [3.63, 3.8) is 0 Å². The fourth-order valence-corrected chi connectivity index (χ4v) is 3.87. The molecule has 0 saturated carbocycles. The lowest BCUT2D eigenvalue weighted by Crippen LogP contribution is -2.37. The van der Waals surface area contributed by atoms with Crippen LogP contribution in [0.2, 0.25) is 0 Å². The number of nitrogen functional groups attached to an aromatic ring is 1. The first-order valence-electron chi connectivity index (χ1n) is 11.5. The third-order valence-electron chi connectivity index (χ3n) is 5.89. The van der Waals surface area contributed by atoms with E-state index in [1.165, 1.54) is 6.07 Å². The molecule has 1 amide bonds. The molecule has 0 radical (unpaired) electrons. The Morgan fingerprint density at radius 1 is 1.17 bits per heavy atom. The summed E-state index contributed by atoms with van der Waals surface area (Å²) in [6, 6.07) is 12.2. The lowest BCUT2D eigenvalue weighted by Gasteiger charge is -2.23. The number of nitrogens with one attached hydrogen (secondary N) is 1. The summed E-state index contributed by atoms with van der Waals surface area (Å²) in [5, 5.41) is 0. The molecule has 0 unspecified atom stereocenters. The van der Waals surface area contributed by atoms with Gasteiger partial charge in [-0.2, -0.15) is 0 Å². The quantitative estimate of drug-likeness (QED) is 0.396. The van der Waals surface area contributed by atoms with Gasteiger partial charge in [0.05, 0.1) is 12.7 Å². The Labute approximate surface area is 206 Å². The summed E-state index contributed by atoms with van der Waals surface area (Å²) in [4.78, 5) is 19.8. The fourth-order valence-electron chi connectivity index (χ4n) is 3.87. The molecular formula is C28H33FN4O2. The van der Waals surface area contributed by atoms with E-state index >= 15 is 0 Å². The third-order valence-corrected chi connectivity index (χ3v) is 5.89. The number of aromatic amines is 1. The minimum atomic E-state index is -0.554. The molecule has 0 aliphatic heterocycles. The van der Waals surface area contributed by atoms with E-state index in [0.717, 1.165) is 16.7 Å². The Hall–Kier alpha value is -3.84. The number of carbonyl (C=O) groups excluding carboxylic acids is 1. The molecule has 7 heteroatoms. The zero-order chi connectivity index (χ0) is 25.5. The smallest absolute Gasteiger partial charge is 0.256 e. The highest BCUT2D eigenvalue weighted by Gasteiger charge is 2.20. The fraction of sp³-hybridized carbons (Fsp3) is 0.250. The van der Waals surface area contributed by atoms with Crippen LogP contribution in [0.4, 0.5) is 10.2 Å². The minimum absolute atomic E-state index is 0.0304. The number of allylic oxidation sites excluding steroid dienone is 2. The van der Waals surface area contributed by atoms with Gasteiger partial charge in [0.25, 0.3) is 5.91 Å². The molecule has 2 aromatic carbocycles. The SMILES string of the molecule is C=C/C(=C\c1c(-c2ccccc2OC)c[nH]c1N)c1ccc(F)c(C(=O)N(CC)CCN(C)C)c1. The van der Waals surface area contributed by atoms with E-state index in [1.54, 1.807) is 30.2 Å². The van der Waals surface area contributed by atoms with Gasteiger partial charge in [-0.1, -0.05) is 36.9 Å². The second-order valence-electron chi connectivity index (χ2n) is 8.42. The number of amides is 1. The van der Waals surface area contributed by atoms with Gasteiger partial charge in [-0.05, 0) is 56.4 Å². The number of halogens is 1. The normalized spacial score (nSPS) is 11.5. The molecular weight excluding hydrogens is 443 g/mol. The molecule has 0 saturated heterocycles. The van der Waals surface area contributed by atoms with Crippen LogP contribution in [0.15, 0.2) is 61.3 Å². The van der Waals surface area contributed by atoms with Gasteiger partial charge in [0.15, 0.2) is 0 Å². The van der Waals surface area contributed by atoms with Crippen molar-refractivity contribution >= 4 is 23.4 Å². The van der Waals surface area contributed by atoms with Crippen LogP contribution < -0.4 is 10.5 Å². The molecule has 3 rings (SSSR count). The van der Waals surface area contributed by atoms with Crippen molar-refractivity contribution in [2.75, 3.05) is 46.6 Å². The number of nitrogens with zero attached hydrogens (tertiary/aromatic N) is 2. The van der Waals surface area contributed by atoms with Crippen LogP contribution in [0, 0.1) is 5.82 Å². The molecule has 184 valence electrons. The number of benzene rings is 2. The lowest BCUT2D eigenvalue weighted by atomic mass is 9.97. The van der Waals surface area contributed by atoms with E-state index in [-0.39, 0.29) is 11.5 Å². The van der Waals surface area contributed by atoms with Crippen molar-refractivity contribution in [1.82, 2.24) is 14.8 Å². The topological polar surface area (TPSA) is 74.6 Å². The van der Waals surface area contributed by atoms with E-state index in [2.05, 4.69) is 11.6 Å². The van der Waals surface area contributed by atoms with Gasteiger partial charge in [0, 0.05) is 42.5 Å². The Kier molecular flexibility index (Phi) is 8.49. The number of carbonyl (C=O) groups is 1. The van der Waals surface area contributed by atoms with Gasteiger partial charge in [-0.15, -0.1) is 0 Å². The molecule has 3 aromatic rings. The van der Waals surface area contributed by atoms with Crippen molar-refractivity contribution in [2.45, 2.75) is 6.92 Å². The summed E-state index contributed by atoms with van der Waals surface area (Å²) in [7, 11) is 5.49. The first-order valence-corrected chi connectivity index (χ1v) is 11.5. The van der Waals surface area contributed by atoms with Crippen LogP contribution in [0.1, 0.15) is 28.4 Å². The van der Waals surface area contributed by atoms with Crippen LogP contribution in [-0.2, 0) is 0 Å². The number of aromatic nitrogens is 1. The van der Waals surface area contributed by atoms with Crippen LogP contribution in [0.5, 0.6) is 5.75 Å². The molecule has 1 aromatic heterocycles. The predicted molar refractivity (Wildman–Crippen MR) is 142 cm³/mol. The maximum atomic E-state index is 14.8. The minimum Gasteiger partial charge on any atom is -0.496 e. The molecule has 0 spiro atoms. The highest BCUT2D eigenvalue weighted by atomic mass is 19.1. The first-order chi connectivity index (χ1) is 16.8. The summed E-state index contributed by atoms with van der Waals surface area (Å²) >= 11 is 0. The molecule has 0 fully saturated rings. The maximum Gasteiger partial charge on any atom is 0.256 e. The van der Waals surface area contributed by atoms with E-state index in [1.807, 2.05) is 62.5 Å². The number of para-hydroxylation sites is 1. The van der Waals surface area contributed by atoms with E-state index in [9.17, 15) is 9.18 Å². The first kappa shape index (κ1) is 25.8. The standard InChI is InChI=1S/C28H33FN4O2/c1-6-19(16-22-24(18-31-27(22)30)21-10-8-9-11-26(21)35-5)20-12-13-25(29)23(17-20)28(34)33(7-2)15-14-32(3)4/h6,8-13,16-18,31H,1,7,14-15,30H2,2-5H3/b19-16+. The summed E-state index contributed by atoms with van der Waals surface area (Å²) in [6.45, 7) is 7.52. The summed E-state index contributed by atoms with van der Waals surface area (Å²) in [6.07, 6.45) is 5.37. The van der Waals surface area contributed by atoms with Crippen molar-refractivity contribution in [3.8, 4) is 16.9 Å². The molecule has 0 atom stereocenters. The van der Waals surface area contributed by atoms with Gasteiger partial charge in [-0.3, -0.25) is 4.79 Å². The Morgan fingerprint density at radius 2 is 1.91 bits per heavy atom. The number of hydrogen-bond acceptors (Lipinski definition) is 4. The third kappa shape index (κ3) is 5.81. The lowest BCUT2D eigenvalue weighted by molar-refractivity contribution is 0.0749. The highest BCUT2D eigenvalue weighted by Crippen LogP contribution is 2.36. The molecule has 35 heavy (non-hydrogen) atoms. The van der Waals surface area contributed by atoms with Gasteiger partial charge in [-0.25, -0.2) is 4.39 Å². The highest BCUT2D eigenvalue weighted by molar-refractivity contribution is 5.98. The largest absolute Gasteiger partial charge is 0.496 e. The van der Waals surface area contributed by atoms with Crippen LogP contribution >= 0.6 is 0 Å². The second kappa shape index (κ2) is 11.5. The summed E-state index contributed by atoms with van der Waals surface area (Å²) < 4.78 is 20.3. The zero-order valence-corrected chi connectivity index (χ0v) is 20.8. The van der Waals surface area contributed by atoms with Crippen LogP contribution in [0.3, 0.4) is 0 Å². The van der Waals surface area contributed by atoms with Crippen molar-refractivity contribution in [1.29, 1.82) is 0 Å². The van der Waals surface area contributed by atoms with E-state index in [4.69, 9.17) is 10.5 Å². The van der Waals surface area contributed by atoms with E-state index in [0.29, 0.717) is 42.3 Å². The Bertz CT molecular complexity index is 1230. The maximum absolute atomic E-state index is 14.8. The van der Waals surface area contributed by atoms with Gasteiger partial charge >= 0.3 is 0 Å². The van der Waals surface area contributed by atoms with Crippen molar-refractivity contribution in [2.24, 2.45) is 0 Å². The van der Waals surface area contributed by atoms with Crippen LogP contribution in [-0.4, -0.2) is 61.5 Å². The number of H-pyrrole nitrogens is 1. The second-order valence-corrected chi connectivity index (χ2v) is 8.42. The number of likely N-dealkylation sites (N-methyl/N-ethyl adjacent to an activating group) is 2. The van der Waals surface area contributed by atoms with E-state index < -0.39 is 5.82 Å². The number of methoxy groups -OCH3 is 1. The Balaban J connectivity index is 2.03. The van der Waals surface area contributed by atoms with Gasteiger partial charge in [0.2, 0.25) is 0 Å². The van der Waals surface area contributed by atoms with Gasteiger partial charge in [0.1, 0.15) is 17.4 Å². The summed E-state index contributed by atoms with van der Waals surface area (Å²) in [5.41, 5.74) is 10.2. The molecule has 0 bridgehead atoms. The average molecular weight is 477 g/mol. The number of hydrogen-bond donors (Lipinski definition) is 2. The monoisotopic (exact) mass is 476 g/mol. The average Bonchev–Trinajstić information content (AvgIpc) is 3.22. The zero-order valence-electron chi connectivity index (χ0n) is 20.8. The van der Waals surface area contributed by atoms with Gasteiger partial charge < -0.3 is 25.3 Å². The van der Waals surface area contributed by atoms with Crippen molar-refractivity contribution in [3.05, 3.63) is 83.8 Å².